The first-order valence-electron chi connectivity index (χ1n) is 12.6. The lowest BCUT2D eigenvalue weighted by Gasteiger charge is -2.32. The van der Waals surface area contributed by atoms with Crippen LogP contribution in [0.2, 0.25) is 0 Å². The maximum Gasteiger partial charge on any atom is 0.340 e. The minimum Gasteiger partial charge on any atom is -0.507 e. The highest BCUT2D eigenvalue weighted by Gasteiger charge is 2.50. The second-order valence-corrected chi connectivity index (χ2v) is 9.02. The van der Waals surface area contributed by atoms with Crippen molar-refractivity contribution < 1.29 is 14.6 Å². The summed E-state index contributed by atoms with van der Waals surface area (Å²) in [5.74, 6) is -0.334. The summed E-state index contributed by atoms with van der Waals surface area (Å²) < 4.78 is 6.21. The lowest BCUT2D eigenvalue weighted by atomic mass is 9.79. The highest BCUT2D eigenvalue weighted by atomic mass is 16.6. The van der Waals surface area contributed by atoms with Crippen molar-refractivity contribution in [3.8, 4) is 5.75 Å². The van der Waals surface area contributed by atoms with Crippen LogP contribution < -0.4 is 15.5 Å². The summed E-state index contributed by atoms with van der Waals surface area (Å²) in [5.41, 5.74) is 4.90. The lowest BCUT2D eigenvalue weighted by Crippen LogP contribution is -2.30. The molecule has 3 N–H and O–H groups in total. The molecule has 0 bridgehead atoms. The molecule has 0 spiro atoms. The van der Waals surface area contributed by atoms with Crippen LogP contribution in [0.25, 0.3) is 0 Å². The number of phenolic OH excluding ortho intramolecular Hbond substituents is 1. The number of esters is 1. The van der Waals surface area contributed by atoms with Crippen LogP contribution in [-0.2, 0) is 10.3 Å². The third-order valence-electron chi connectivity index (χ3n) is 6.99. The van der Waals surface area contributed by atoms with Gasteiger partial charge < -0.3 is 25.4 Å². The first-order chi connectivity index (χ1) is 18.0. The fraction of sp³-hybridized carbons (Fsp3) is 0.194. The fourth-order valence-corrected chi connectivity index (χ4v) is 5.09. The van der Waals surface area contributed by atoms with Crippen molar-refractivity contribution >= 4 is 28.7 Å². The van der Waals surface area contributed by atoms with Crippen LogP contribution in [0.15, 0.2) is 91.0 Å². The van der Waals surface area contributed by atoms with Crippen molar-refractivity contribution in [3.05, 3.63) is 113 Å². The highest BCUT2D eigenvalue weighted by Crippen LogP contribution is 2.50. The van der Waals surface area contributed by atoms with E-state index >= 15 is 0 Å². The summed E-state index contributed by atoms with van der Waals surface area (Å²) in [6.07, 6.45) is 0. The summed E-state index contributed by atoms with van der Waals surface area (Å²) in [6, 6.07) is 28.8. The van der Waals surface area contributed by atoms with Crippen LogP contribution in [0, 0.1) is 0 Å². The van der Waals surface area contributed by atoms with Gasteiger partial charge in [0.15, 0.2) is 5.60 Å². The molecular weight excluding hydrogens is 462 g/mol. The molecule has 37 heavy (non-hydrogen) atoms. The average Bonchev–Trinajstić information content (AvgIpc) is 3.23. The number of aromatic hydroxyl groups is 1. The quantitative estimate of drug-likeness (QED) is 0.244. The minimum absolute atomic E-state index is 0.0786. The van der Waals surface area contributed by atoms with E-state index in [4.69, 9.17) is 4.74 Å². The maximum absolute atomic E-state index is 13.1. The summed E-state index contributed by atoms with van der Waals surface area (Å²) in [5, 5.41) is 17.9. The van der Waals surface area contributed by atoms with Gasteiger partial charge in [-0.1, -0.05) is 30.3 Å². The van der Waals surface area contributed by atoms with E-state index in [1.54, 1.807) is 12.1 Å². The number of hydrogen-bond donors (Lipinski definition) is 3. The molecule has 1 atom stereocenters. The molecule has 0 radical (unpaired) electrons. The molecule has 0 fully saturated rings. The van der Waals surface area contributed by atoms with Crippen LogP contribution in [0.5, 0.6) is 5.75 Å². The smallest absolute Gasteiger partial charge is 0.340 e. The molecular formula is C31H31N3O3. The Labute approximate surface area is 217 Å². The van der Waals surface area contributed by atoms with Crippen molar-refractivity contribution in [3.63, 3.8) is 0 Å². The molecule has 1 aliphatic heterocycles. The van der Waals surface area contributed by atoms with Crippen LogP contribution >= 0.6 is 0 Å². The van der Waals surface area contributed by atoms with E-state index in [1.165, 1.54) is 0 Å². The number of hydrogen-bond acceptors (Lipinski definition) is 6. The Morgan fingerprint density at radius 3 is 2.24 bits per heavy atom. The zero-order chi connectivity index (χ0) is 26.0. The van der Waals surface area contributed by atoms with Gasteiger partial charge in [0.25, 0.3) is 0 Å². The molecule has 0 amide bonds. The number of nitrogens with zero attached hydrogens (tertiary/aromatic N) is 1. The Morgan fingerprint density at radius 2 is 1.54 bits per heavy atom. The van der Waals surface area contributed by atoms with E-state index in [2.05, 4.69) is 29.4 Å². The maximum atomic E-state index is 13.1. The Balaban J connectivity index is 1.64. The predicted octanol–water partition coefficient (Wildman–Crippen LogP) is 6.49. The zero-order valence-electron chi connectivity index (χ0n) is 21.3. The summed E-state index contributed by atoms with van der Waals surface area (Å²) >= 11 is 0. The molecule has 0 saturated heterocycles. The standard InChI is InChI=1S/C31H31N3O3/c1-4-34(5-2)25-17-18-28(29(35)20-25)31(27-12-7-6-11-26(27)30(36)37-31)21-9-8-10-24(19-21)33-23-15-13-22(32-3)14-16-23/h6-20,32-33,35H,4-5H2,1-3H3. The monoisotopic (exact) mass is 493 g/mol. The first-order valence-corrected chi connectivity index (χ1v) is 12.6. The van der Waals surface area contributed by atoms with E-state index in [-0.39, 0.29) is 5.75 Å². The number of phenols is 1. The van der Waals surface area contributed by atoms with Gasteiger partial charge >= 0.3 is 5.97 Å². The number of carbonyl (C=O) groups excluding carboxylic acids is 1. The predicted molar refractivity (Wildman–Crippen MR) is 149 cm³/mol. The largest absolute Gasteiger partial charge is 0.507 e. The number of ether oxygens (including phenoxy) is 1. The average molecular weight is 494 g/mol. The number of fused-ring (bicyclic) bond motifs is 1. The van der Waals surface area contributed by atoms with Crippen molar-refractivity contribution in [1.82, 2.24) is 0 Å². The molecule has 4 aromatic carbocycles. The Bertz CT molecular complexity index is 1430. The molecule has 1 aliphatic rings. The van der Waals surface area contributed by atoms with Crippen LogP contribution in [0.4, 0.5) is 22.7 Å². The molecule has 188 valence electrons. The number of benzene rings is 4. The van der Waals surface area contributed by atoms with Crippen molar-refractivity contribution in [2.45, 2.75) is 19.4 Å². The van der Waals surface area contributed by atoms with Crippen molar-refractivity contribution in [2.24, 2.45) is 0 Å². The lowest BCUT2D eigenvalue weighted by molar-refractivity contribution is 0.0246. The second kappa shape index (κ2) is 9.90. The topological polar surface area (TPSA) is 73.8 Å². The third kappa shape index (κ3) is 4.25. The Kier molecular flexibility index (Phi) is 6.49. The van der Waals surface area contributed by atoms with Gasteiger partial charge in [0.2, 0.25) is 0 Å². The van der Waals surface area contributed by atoms with Gasteiger partial charge in [-0.15, -0.1) is 0 Å². The van der Waals surface area contributed by atoms with E-state index in [9.17, 15) is 9.90 Å². The zero-order valence-corrected chi connectivity index (χ0v) is 21.3. The molecule has 5 rings (SSSR count). The molecule has 1 heterocycles. The van der Waals surface area contributed by atoms with E-state index in [1.807, 2.05) is 85.9 Å². The van der Waals surface area contributed by atoms with Gasteiger partial charge in [0, 0.05) is 65.6 Å². The summed E-state index contributed by atoms with van der Waals surface area (Å²) in [4.78, 5) is 15.3. The number of rotatable bonds is 8. The van der Waals surface area contributed by atoms with Crippen molar-refractivity contribution in [2.75, 3.05) is 35.7 Å². The first kappa shape index (κ1) is 24.3. The molecule has 0 aliphatic carbocycles. The van der Waals surface area contributed by atoms with Crippen LogP contribution in [0.1, 0.15) is 40.9 Å². The molecule has 0 aromatic heterocycles. The Hall–Kier alpha value is -4.45. The molecule has 0 saturated carbocycles. The normalized spacial score (nSPS) is 16.1. The Morgan fingerprint density at radius 1 is 0.811 bits per heavy atom. The van der Waals surface area contributed by atoms with Gasteiger partial charge in [-0.05, 0) is 68.4 Å². The van der Waals surface area contributed by atoms with Gasteiger partial charge in [-0.2, -0.15) is 0 Å². The summed E-state index contributed by atoms with van der Waals surface area (Å²) in [7, 11) is 1.88. The number of cyclic esters (lactones) is 1. The van der Waals surface area contributed by atoms with E-state index in [0.717, 1.165) is 41.4 Å². The molecule has 6 nitrogen and oxygen atoms in total. The second-order valence-electron chi connectivity index (χ2n) is 9.02. The van der Waals surface area contributed by atoms with Gasteiger partial charge in [0.1, 0.15) is 5.75 Å². The molecule has 1 unspecified atom stereocenters. The minimum atomic E-state index is -1.28. The van der Waals surface area contributed by atoms with Gasteiger partial charge in [0.05, 0.1) is 5.56 Å². The highest BCUT2D eigenvalue weighted by molar-refractivity contribution is 5.96. The number of anilines is 4. The number of nitrogens with one attached hydrogen (secondary N) is 2. The van der Waals surface area contributed by atoms with Gasteiger partial charge in [-0.3, -0.25) is 0 Å². The number of carbonyl (C=O) groups is 1. The molecule has 6 heteroatoms. The van der Waals surface area contributed by atoms with Crippen LogP contribution in [-0.4, -0.2) is 31.2 Å². The van der Waals surface area contributed by atoms with E-state index in [0.29, 0.717) is 16.7 Å². The van der Waals surface area contributed by atoms with E-state index < -0.39 is 11.6 Å². The third-order valence-corrected chi connectivity index (χ3v) is 6.99. The van der Waals surface area contributed by atoms with Gasteiger partial charge in [-0.25, -0.2) is 4.79 Å². The van der Waals surface area contributed by atoms with Crippen molar-refractivity contribution in [1.29, 1.82) is 0 Å². The molecule has 4 aromatic rings. The summed E-state index contributed by atoms with van der Waals surface area (Å²) in [6.45, 7) is 5.80. The fourth-order valence-electron chi connectivity index (χ4n) is 5.09. The SMILES string of the molecule is CCN(CC)c1ccc(C2(c3cccc(Nc4ccc(NC)cc4)c3)OC(=O)c3ccccc32)c(O)c1. The van der Waals surface area contributed by atoms with Crippen LogP contribution in [0.3, 0.4) is 0 Å².